The van der Waals surface area contributed by atoms with Crippen LogP contribution in [0.3, 0.4) is 0 Å². The molecule has 3 saturated heterocycles. The Labute approximate surface area is 222 Å². The van der Waals surface area contributed by atoms with Crippen molar-refractivity contribution in [3.63, 3.8) is 0 Å². The molecule has 4 aliphatic rings. The number of hydrogen-bond acceptors (Lipinski definition) is 6. The number of carbonyl (C=O) groups excluding carboxylic acids is 2. The molecule has 1 aromatic carbocycles. The fourth-order valence-electron chi connectivity index (χ4n) is 7.35. The Morgan fingerprint density at radius 3 is 2.50 bits per heavy atom. The summed E-state index contributed by atoms with van der Waals surface area (Å²) in [5, 5.41) is 6.90. The van der Waals surface area contributed by atoms with Gasteiger partial charge in [0.15, 0.2) is 5.76 Å². The van der Waals surface area contributed by atoms with Gasteiger partial charge in [-0.25, -0.2) is 14.0 Å². The number of piperidine rings is 2. The fourth-order valence-corrected chi connectivity index (χ4v) is 7.35. The molecule has 204 valence electrons. The Morgan fingerprint density at radius 2 is 1.87 bits per heavy atom. The first-order chi connectivity index (χ1) is 18.3. The lowest BCUT2D eigenvalue weighted by atomic mass is 9.73. The summed E-state index contributed by atoms with van der Waals surface area (Å²) < 4.78 is 25.0. The predicted octanol–water partition coefficient (Wildman–Crippen LogP) is 4.97. The van der Waals surface area contributed by atoms with Gasteiger partial charge in [-0.2, -0.15) is 0 Å². The minimum atomic E-state index is -0.283. The van der Waals surface area contributed by atoms with Gasteiger partial charge in [0.2, 0.25) is 0 Å². The lowest BCUT2D eigenvalue weighted by molar-refractivity contribution is 0.0282. The molecule has 2 bridgehead atoms. The first-order valence-corrected chi connectivity index (χ1v) is 13.8. The summed E-state index contributed by atoms with van der Waals surface area (Å²) in [7, 11) is 0. The van der Waals surface area contributed by atoms with Crippen LogP contribution in [0.25, 0.3) is 0 Å². The zero-order valence-electron chi connectivity index (χ0n) is 22.3. The summed E-state index contributed by atoms with van der Waals surface area (Å²) in [5.41, 5.74) is 2.61. The maximum Gasteiger partial charge on any atom is 0.410 e. The smallest absolute Gasteiger partial charge is 0.410 e. The normalized spacial score (nSPS) is 26.1. The van der Waals surface area contributed by atoms with Gasteiger partial charge in [0, 0.05) is 35.8 Å². The average molecular weight is 526 g/mol. The second-order valence-corrected chi connectivity index (χ2v) is 11.3. The standard InChI is InChI=1S/C28H36FN5O4/c1-4-37-27(36)34-20-6-7-21(34)15-22(14-20)32-11-9-28(10-12-32)16-33(24-8-5-19(29)13-23(24)28)26(35)30-25-17(2)31-38-18(25)3/h5,8,13,20-22H,4,6-7,9-12,14-16H2,1-3H3,(H,30,35). The van der Waals surface area contributed by atoms with Crippen LogP contribution in [-0.2, 0) is 10.2 Å². The Kier molecular flexibility index (Phi) is 6.32. The van der Waals surface area contributed by atoms with E-state index in [1.54, 1.807) is 30.9 Å². The zero-order chi connectivity index (χ0) is 26.6. The average Bonchev–Trinajstić information content (AvgIpc) is 3.49. The number of aromatic nitrogens is 1. The van der Waals surface area contributed by atoms with Gasteiger partial charge >= 0.3 is 12.1 Å². The largest absolute Gasteiger partial charge is 0.450 e. The van der Waals surface area contributed by atoms with Crippen LogP contribution in [-0.4, -0.2) is 71.4 Å². The van der Waals surface area contributed by atoms with Gasteiger partial charge in [-0.05, 0) is 96.1 Å². The Bertz CT molecular complexity index is 1210. The number of hydrogen-bond donors (Lipinski definition) is 1. The number of carbonyl (C=O) groups is 2. The highest BCUT2D eigenvalue weighted by Crippen LogP contribution is 2.49. The van der Waals surface area contributed by atoms with Crippen molar-refractivity contribution < 1.29 is 23.2 Å². The minimum absolute atomic E-state index is 0.171. The topological polar surface area (TPSA) is 91.2 Å². The van der Waals surface area contributed by atoms with E-state index >= 15 is 0 Å². The summed E-state index contributed by atoms with van der Waals surface area (Å²) in [4.78, 5) is 32.2. The lowest BCUT2D eigenvalue weighted by Crippen LogP contribution is -2.55. The number of anilines is 2. The second kappa shape index (κ2) is 9.55. The van der Waals surface area contributed by atoms with E-state index in [1.807, 2.05) is 11.8 Å². The second-order valence-electron chi connectivity index (χ2n) is 11.3. The monoisotopic (exact) mass is 525 g/mol. The molecular formula is C28H36FN5O4. The number of likely N-dealkylation sites (tertiary alicyclic amines) is 1. The maximum atomic E-state index is 14.5. The van der Waals surface area contributed by atoms with Crippen LogP contribution in [0.1, 0.15) is 62.5 Å². The maximum absolute atomic E-state index is 14.5. The number of nitrogens with zero attached hydrogens (tertiary/aromatic N) is 4. The van der Waals surface area contributed by atoms with Gasteiger partial charge in [-0.1, -0.05) is 5.16 Å². The summed E-state index contributed by atoms with van der Waals surface area (Å²) in [6, 6.07) is 5.44. The molecule has 1 N–H and O–H groups in total. The van der Waals surface area contributed by atoms with E-state index in [2.05, 4.69) is 15.4 Å². The van der Waals surface area contributed by atoms with Gasteiger partial charge in [0.05, 0.1) is 6.61 Å². The third-order valence-corrected chi connectivity index (χ3v) is 9.25. The number of ether oxygens (including phenoxy) is 1. The number of rotatable bonds is 3. The first kappa shape index (κ1) is 25.2. The zero-order valence-corrected chi connectivity index (χ0v) is 22.3. The lowest BCUT2D eigenvalue weighted by Gasteiger charge is -2.47. The van der Waals surface area contributed by atoms with Crippen molar-refractivity contribution in [2.24, 2.45) is 0 Å². The van der Waals surface area contributed by atoms with Crippen molar-refractivity contribution in [2.75, 3.05) is 36.5 Å². The van der Waals surface area contributed by atoms with Gasteiger partial charge in [-0.3, -0.25) is 4.90 Å². The van der Waals surface area contributed by atoms with Crippen LogP contribution >= 0.6 is 0 Å². The molecule has 10 heteroatoms. The van der Waals surface area contributed by atoms with Crippen molar-refractivity contribution in [3.8, 4) is 0 Å². The molecule has 4 aliphatic heterocycles. The Hall–Kier alpha value is -3.14. The number of benzene rings is 1. The molecule has 3 amide bonds. The van der Waals surface area contributed by atoms with Crippen LogP contribution < -0.4 is 10.2 Å². The number of fused-ring (bicyclic) bond motifs is 4. The van der Waals surface area contributed by atoms with E-state index < -0.39 is 0 Å². The number of urea groups is 1. The van der Waals surface area contributed by atoms with Crippen molar-refractivity contribution >= 4 is 23.5 Å². The molecule has 0 aliphatic carbocycles. The molecule has 2 atom stereocenters. The van der Waals surface area contributed by atoms with Crippen molar-refractivity contribution in [1.82, 2.24) is 15.0 Å². The van der Waals surface area contributed by atoms with E-state index in [4.69, 9.17) is 9.26 Å². The molecular weight excluding hydrogens is 489 g/mol. The SMILES string of the molecule is CCOC(=O)N1C2CCC1CC(N1CCC3(CC1)CN(C(=O)Nc1c(C)noc1C)c1ccc(F)cc13)C2. The molecule has 1 spiro atoms. The molecule has 2 unspecified atom stereocenters. The van der Waals surface area contributed by atoms with E-state index in [9.17, 15) is 14.0 Å². The number of halogens is 1. The van der Waals surface area contributed by atoms with E-state index in [0.717, 1.165) is 62.9 Å². The van der Waals surface area contributed by atoms with E-state index in [1.165, 1.54) is 6.07 Å². The summed E-state index contributed by atoms with van der Waals surface area (Å²) >= 11 is 0. The number of nitrogens with one attached hydrogen (secondary N) is 1. The molecule has 9 nitrogen and oxygen atoms in total. The third-order valence-electron chi connectivity index (χ3n) is 9.25. The highest BCUT2D eigenvalue weighted by Gasteiger charge is 2.50. The summed E-state index contributed by atoms with van der Waals surface area (Å²) in [6.07, 6.45) is 5.56. The van der Waals surface area contributed by atoms with Gasteiger partial charge < -0.3 is 24.4 Å². The first-order valence-electron chi connectivity index (χ1n) is 13.8. The van der Waals surface area contributed by atoms with Crippen molar-refractivity contribution in [3.05, 3.63) is 41.0 Å². The van der Waals surface area contributed by atoms with Crippen LogP contribution in [0.4, 0.5) is 25.4 Å². The van der Waals surface area contributed by atoms with Crippen molar-refractivity contribution in [1.29, 1.82) is 0 Å². The Balaban J connectivity index is 1.16. The molecule has 0 saturated carbocycles. The molecule has 38 heavy (non-hydrogen) atoms. The summed E-state index contributed by atoms with van der Waals surface area (Å²) in [5.74, 6) is 0.279. The molecule has 3 fully saturated rings. The molecule has 6 rings (SSSR count). The highest BCUT2D eigenvalue weighted by molar-refractivity contribution is 6.04. The van der Waals surface area contributed by atoms with Crippen LogP contribution in [0, 0.1) is 19.7 Å². The number of aryl methyl sites for hydroxylation is 2. The fraction of sp³-hybridized carbons (Fsp3) is 0.607. The minimum Gasteiger partial charge on any atom is -0.450 e. The van der Waals surface area contributed by atoms with Gasteiger partial charge in [0.1, 0.15) is 17.2 Å². The van der Waals surface area contributed by atoms with Crippen LogP contribution in [0.5, 0.6) is 0 Å². The van der Waals surface area contributed by atoms with Crippen LogP contribution in [0.2, 0.25) is 0 Å². The Morgan fingerprint density at radius 1 is 1.16 bits per heavy atom. The van der Waals surface area contributed by atoms with E-state index in [-0.39, 0.29) is 35.4 Å². The molecule has 5 heterocycles. The molecule has 0 radical (unpaired) electrons. The predicted molar refractivity (Wildman–Crippen MR) is 140 cm³/mol. The molecule has 1 aromatic heterocycles. The van der Waals surface area contributed by atoms with Gasteiger partial charge in [0.25, 0.3) is 0 Å². The summed E-state index contributed by atoms with van der Waals surface area (Å²) in [6.45, 7) is 8.11. The molecule has 2 aromatic rings. The van der Waals surface area contributed by atoms with E-state index in [0.29, 0.717) is 36.3 Å². The quantitative estimate of drug-likeness (QED) is 0.609. The van der Waals surface area contributed by atoms with Crippen LogP contribution in [0.15, 0.2) is 22.7 Å². The third kappa shape index (κ3) is 4.13. The number of amides is 3. The van der Waals surface area contributed by atoms with Gasteiger partial charge in [-0.15, -0.1) is 0 Å². The highest BCUT2D eigenvalue weighted by atomic mass is 19.1. The van der Waals surface area contributed by atoms with Crippen molar-refractivity contribution in [2.45, 2.75) is 82.8 Å².